The molecule has 2 aliphatic heterocycles. The Hall–Kier alpha value is -4.00. The predicted molar refractivity (Wildman–Crippen MR) is 135 cm³/mol. The number of aromatic nitrogens is 4. The fraction of sp³-hybridized carbons (Fsp3) is 0.259. The van der Waals surface area contributed by atoms with E-state index < -0.39 is 0 Å². The van der Waals surface area contributed by atoms with Crippen molar-refractivity contribution >= 4 is 23.5 Å². The summed E-state index contributed by atoms with van der Waals surface area (Å²) in [5, 5.41) is 19.3. The first-order valence-corrected chi connectivity index (χ1v) is 12.0. The van der Waals surface area contributed by atoms with Crippen molar-refractivity contribution in [2.24, 2.45) is 5.10 Å². The summed E-state index contributed by atoms with van der Waals surface area (Å²) in [5.74, 6) is 0.580. The molecule has 3 aromatic carbocycles. The maximum absolute atomic E-state index is 4.90. The lowest BCUT2D eigenvalue weighted by Gasteiger charge is -2.37. The molecular formula is C27H27N7. The third kappa shape index (κ3) is 4.05. The standard InChI is InChI=1S/C27H27N7/c1-3-9-21(10-4-1)20-33-27(29-30-31-33)34(25-13-5-2-6-14-25)28-19-22-17-23-11-7-15-32-16-8-12-24(18-22)26(23)32/h1-6,9-10,13-14,17-19H,7-8,11-12,15-16,20H2. The molecule has 7 heteroatoms. The van der Waals surface area contributed by atoms with E-state index in [2.05, 4.69) is 44.7 Å². The molecule has 4 aromatic rings. The van der Waals surface area contributed by atoms with Crippen LogP contribution in [-0.4, -0.2) is 39.5 Å². The minimum Gasteiger partial charge on any atom is -0.371 e. The van der Waals surface area contributed by atoms with Crippen molar-refractivity contribution in [2.75, 3.05) is 23.0 Å². The summed E-state index contributed by atoms with van der Waals surface area (Å²) in [6.07, 6.45) is 6.66. The largest absolute Gasteiger partial charge is 0.371 e. The molecule has 170 valence electrons. The van der Waals surface area contributed by atoms with E-state index in [1.165, 1.54) is 42.7 Å². The molecule has 0 fully saturated rings. The van der Waals surface area contributed by atoms with Gasteiger partial charge in [-0.3, -0.25) is 0 Å². The van der Waals surface area contributed by atoms with Gasteiger partial charge in [-0.15, -0.1) is 0 Å². The lowest BCUT2D eigenvalue weighted by atomic mass is 9.90. The van der Waals surface area contributed by atoms with Crippen molar-refractivity contribution in [1.82, 2.24) is 20.2 Å². The number of para-hydroxylation sites is 1. The quantitative estimate of drug-likeness (QED) is 0.318. The van der Waals surface area contributed by atoms with Crippen LogP contribution in [0.2, 0.25) is 0 Å². The van der Waals surface area contributed by atoms with Crippen LogP contribution in [0.3, 0.4) is 0 Å². The SMILES string of the molecule is C(=NN(c1ccccc1)c1nnnn1Cc1ccccc1)c1cc2c3c(c1)CCCN3CCC2. The van der Waals surface area contributed by atoms with Crippen LogP contribution in [0.15, 0.2) is 77.9 Å². The van der Waals surface area contributed by atoms with Crippen LogP contribution in [-0.2, 0) is 19.4 Å². The van der Waals surface area contributed by atoms with Gasteiger partial charge < -0.3 is 4.90 Å². The van der Waals surface area contributed by atoms with Gasteiger partial charge in [0, 0.05) is 18.8 Å². The molecule has 0 spiro atoms. The highest BCUT2D eigenvalue weighted by molar-refractivity contribution is 5.84. The van der Waals surface area contributed by atoms with Crippen LogP contribution in [0.25, 0.3) is 0 Å². The monoisotopic (exact) mass is 449 g/mol. The molecule has 6 rings (SSSR count). The molecule has 0 N–H and O–H groups in total. The minimum atomic E-state index is 0.570. The Morgan fingerprint density at radius 2 is 1.56 bits per heavy atom. The maximum Gasteiger partial charge on any atom is 0.271 e. The summed E-state index contributed by atoms with van der Waals surface area (Å²) < 4.78 is 1.79. The van der Waals surface area contributed by atoms with Crippen LogP contribution < -0.4 is 9.91 Å². The molecule has 0 saturated heterocycles. The van der Waals surface area contributed by atoms with Gasteiger partial charge in [-0.2, -0.15) is 10.1 Å². The molecule has 2 aliphatic rings. The summed E-state index contributed by atoms with van der Waals surface area (Å²) in [5.41, 5.74) is 7.54. The van der Waals surface area contributed by atoms with E-state index in [9.17, 15) is 0 Å². The third-order valence-electron chi connectivity index (χ3n) is 6.56. The molecular weight excluding hydrogens is 422 g/mol. The molecule has 0 unspecified atom stereocenters. The zero-order chi connectivity index (χ0) is 22.7. The van der Waals surface area contributed by atoms with Crippen molar-refractivity contribution in [1.29, 1.82) is 0 Å². The predicted octanol–water partition coefficient (Wildman–Crippen LogP) is 4.59. The lowest BCUT2D eigenvalue weighted by Crippen LogP contribution is -2.34. The van der Waals surface area contributed by atoms with Crippen molar-refractivity contribution in [3.05, 3.63) is 95.1 Å². The highest BCUT2D eigenvalue weighted by atomic mass is 15.6. The van der Waals surface area contributed by atoms with E-state index in [0.29, 0.717) is 12.5 Å². The zero-order valence-electron chi connectivity index (χ0n) is 19.1. The molecule has 7 nitrogen and oxygen atoms in total. The van der Waals surface area contributed by atoms with Crippen LogP contribution in [0.5, 0.6) is 0 Å². The van der Waals surface area contributed by atoms with Crippen LogP contribution in [0.4, 0.5) is 17.3 Å². The molecule has 1 aromatic heterocycles. The smallest absolute Gasteiger partial charge is 0.271 e. The van der Waals surface area contributed by atoms with Gasteiger partial charge in [-0.1, -0.05) is 53.6 Å². The molecule has 34 heavy (non-hydrogen) atoms. The number of hydrazone groups is 1. The van der Waals surface area contributed by atoms with Crippen molar-refractivity contribution < 1.29 is 0 Å². The van der Waals surface area contributed by atoms with Gasteiger partial charge in [0.1, 0.15) is 0 Å². The average Bonchev–Trinajstić information content (AvgIpc) is 3.33. The Labute approximate surface area is 199 Å². The van der Waals surface area contributed by atoms with Gasteiger partial charge >= 0.3 is 0 Å². The van der Waals surface area contributed by atoms with Crippen LogP contribution in [0.1, 0.15) is 35.1 Å². The molecule has 0 radical (unpaired) electrons. The van der Waals surface area contributed by atoms with Gasteiger partial charge in [0.2, 0.25) is 0 Å². The van der Waals surface area contributed by atoms with E-state index in [-0.39, 0.29) is 0 Å². The summed E-state index contributed by atoms with van der Waals surface area (Å²) in [4.78, 5) is 2.56. The first-order chi connectivity index (χ1) is 16.8. The molecule has 0 amide bonds. The van der Waals surface area contributed by atoms with E-state index in [4.69, 9.17) is 5.10 Å². The molecule has 0 bridgehead atoms. The topological polar surface area (TPSA) is 62.4 Å². The van der Waals surface area contributed by atoms with Crippen LogP contribution >= 0.6 is 0 Å². The summed E-state index contributed by atoms with van der Waals surface area (Å²) in [6.45, 7) is 2.93. The first kappa shape index (κ1) is 20.6. The zero-order valence-corrected chi connectivity index (χ0v) is 19.1. The second kappa shape index (κ2) is 9.09. The Balaban J connectivity index is 1.36. The van der Waals surface area contributed by atoms with Crippen molar-refractivity contribution in [3.8, 4) is 0 Å². The summed E-state index contributed by atoms with van der Waals surface area (Å²) in [7, 11) is 0. The molecule has 0 aliphatic carbocycles. The highest BCUT2D eigenvalue weighted by Crippen LogP contribution is 2.36. The van der Waals surface area contributed by atoms with E-state index in [1.807, 2.05) is 59.8 Å². The third-order valence-corrected chi connectivity index (χ3v) is 6.56. The Bertz CT molecular complexity index is 1270. The average molecular weight is 450 g/mol. The number of anilines is 3. The van der Waals surface area contributed by atoms with Gasteiger partial charge in [0.15, 0.2) is 0 Å². The van der Waals surface area contributed by atoms with E-state index in [1.54, 1.807) is 4.68 Å². The van der Waals surface area contributed by atoms with Crippen molar-refractivity contribution in [3.63, 3.8) is 0 Å². The second-order valence-electron chi connectivity index (χ2n) is 8.90. The molecule has 3 heterocycles. The highest BCUT2D eigenvalue weighted by Gasteiger charge is 2.24. The number of tetrazole rings is 1. The number of hydrogen-bond acceptors (Lipinski definition) is 6. The number of aryl methyl sites for hydroxylation is 2. The Morgan fingerprint density at radius 1 is 0.882 bits per heavy atom. The summed E-state index contributed by atoms with van der Waals surface area (Å²) in [6, 6.07) is 24.8. The Morgan fingerprint density at radius 3 is 2.26 bits per heavy atom. The number of rotatable bonds is 6. The molecule has 0 saturated carbocycles. The second-order valence-corrected chi connectivity index (χ2v) is 8.90. The lowest BCUT2D eigenvalue weighted by molar-refractivity contribution is 0.634. The van der Waals surface area contributed by atoms with E-state index >= 15 is 0 Å². The number of nitrogens with zero attached hydrogens (tertiary/aromatic N) is 7. The van der Waals surface area contributed by atoms with Crippen LogP contribution in [0, 0.1) is 0 Å². The maximum atomic E-state index is 4.90. The van der Waals surface area contributed by atoms with Gasteiger partial charge in [0.05, 0.1) is 18.4 Å². The minimum absolute atomic E-state index is 0.570. The summed E-state index contributed by atoms with van der Waals surface area (Å²) >= 11 is 0. The van der Waals surface area contributed by atoms with Gasteiger partial charge in [-0.25, -0.2) is 4.68 Å². The molecule has 0 atom stereocenters. The first-order valence-electron chi connectivity index (χ1n) is 12.0. The van der Waals surface area contributed by atoms with Crippen molar-refractivity contribution in [2.45, 2.75) is 32.2 Å². The number of benzene rings is 3. The fourth-order valence-corrected chi connectivity index (χ4v) is 5.04. The van der Waals surface area contributed by atoms with E-state index in [0.717, 1.165) is 29.7 Å². The van der Waals surface area contributed by atoms with Gasteiger partial charge in [-0.05, 0) is 82.6 Å². The number of hydrogen-bond donors (Lipinski definition) is 0. The fourth-order valence-electron chi connectivity index (χ4n) is 5.04. The van der Waals surface area contributed by atoms with Gasteiger partial charge in [0.25, 0.3) is 5.95 Å². The Kier molecular flexibility index (Phi) is 5.51. The normalized spacial score (nSPS) is 14.9.